The molecule has 2 aromatic heterocycles. The van der Waals surface area contributed by atoms with Crippen molar-refractivity contribution in [3.8, 4) is 5.88 Å². The Balaban J connectivity index is 1.88. The van der Waals surface area contributed by atoms with Crippen LogP contribution < -0.4 is 9.64 Å². The van der Waals surface area contributed by atoms with Gasteiger partial charge in [0.05, 0.1) is 19.3 Å². The van der Waals surface area contributed by atoms with E-state index in [-0.39, 0.29) is 0 Å². The van der Waals surface area contributed by atoms with Crippen molar-refractivity contribution in [2.24, 2.45) is 7.05 Å². The predicted molar refractivity (Wildman–Crippen MR) is 80.6 cm³/mol. The van der Waals surface area contributed by atoms with Gasteiger partial charge in [-0.25, -0.2) is 9.97 Å². The molecular formula is C15H21N5O. The van der Waals surface area contributed by atoms with Crippen molar-refractivity contribution in [3.63, 3.8) is 0 Å². The van der Waals surface area contributed by atoms with Crippen LogP contribution in [0.3, 0.4) is 0 Å². The maximum Gasteiger partial charge on any atom is 0.228 e. The Hall–Kier alpha value is -2.11. The van der Waals surface area contributed by atoms with E-state index >= 15 is 0 Å². The van der Waals surface area contributed by atoms with Crippen molar-refractivity contribution in [2.45, 2.75) is 32.7 Å². The molecule has 21 heavy (non-hydrogen) atoms. The van der Waals surface area contributed by atoms with Crippen LogP contribution in [0.25, 0.3) is 0 Å². The molecule has 0 saturated carbocycles. The molecule has 6 nitrogen and oxygen atoms in total. The third kappa shape index (κ3) is 2.46. The third-order valence-electron chi connectivity index (χ3n) is 3.92. The highest BCUT2D eigenvalue weighted by Gasteiger charge is 2.25. The van der Waals surface area contributed by atoms with Crippen LogP contribution in [0.15, 0.2) is 12.3 Å². The van der Waals surface area contributed by atoms with Gasteiger partial charge < -0.3 is 14.2 Å². The van der Waals surface area contributed by atoms with Gasteiger partial charge >= 0.3 is 0 Å². The molecule has 1 aliphatic rings. The molecule has 0 aliphatic carbocycles. The number of nitrogens with zero attached hydrogens (tertiary/aromatic N) is 5. The van der Waals surface area contributed by atoms with Gasteiger partial charge in [-0.05, 0) is 0 Å². The Morgan fingerprint density at radius 2 is 2.10 bits per heavy atom. The number of anilines is 1. The lowest BCUT2D eigenvalue weighted by molar-refractivity contribution is 0.396. The summed E-state index contributed by atoms with van der Waals surface area (Å²) in [6, 6.07) is 1.76. The Bertz CT molecular complexity index is 650. The minimum Gasteiger partial charge on any atom is -0.481 e. The van der Waals surface area contributed by atoms with Crippen LogP contribution in [-0.2, 0) is 20.0 Å². The van der Waals surface area contributed by atoms with Crippen LogP contribution >= 0.6 is 0 Å². The summed E-state index contributed by atoms with van der Waals surface area (Å²) in [5.41, 5.74) is 2.47. The highest BCUT2D eigenvalue weighted by molar-refractivity contribution is 5.37. The first kappa shape index (κ1) is 13.9. The smallest absolute Gasteiger partial charge is 0.228 e. The summed E-state index contributed by atoms with van der Waals surface area (Å²) in [7, 11) is 3.73. The zero-order chi connectivity index (χ0) is 15.0. The van der Waals surface area contributed by atoms with E-state index < -0.39 is 0 Å². The minimum atomic E-state index is 0.433. The molecule has 0 spiro atoms. The molecular weight excluding hydrogens is 266 g/mol. The molecule has 0 N–H and O–H groups in total. The second-order valence-electron chi connectivity index (χ2n) is 5.65. The molecule has 1 aliphatic heterocycles. The van der Waals surface area contributed by atoms with Crippen LogP contribution in [-0.4, -0.2) is 33.2 Å². The fourth-order valence-corrected chi connectivity index (χ4v) is 2.83. The third-order valence-corrected chi connectivity index (χ3v) is 3.92. The average molecular weight is 287 g/mol. The minimum absolute atomic E-state index is 0.433. The maximum absolute atomic E-state index is 5.17. The van der Waals surface area contributed by atoms with E-state index in [9.17, 15) is 0 Å². The number of aromatic nitrogens is 4. The first-order valence-corrected chi connectivity index (χ1v) is 7.26. The normalized spacial score (nSPS) is 14.4. The molecule has 0 saturated heterocycles. The summed E-state index contributed by atoms with van der Waals surface area (Å²) in [5, 5.41) is 0. The van der Waals surface area contributed by atoms with Crippen molar-refractivity contribution in [1.29, 1.82) is 0 Å². The number of rotatable bonds is 3. The van der Waals surface area contributed by atoms with Crippen molar-refractivity contribution < 1.29 is 4.74 Å². The summed E-state index contributed by atoms with van der Waals surface area (Å²) >= 11 is 0. The highest BCUT2D eigenvalue weighted by Crippen LogP contribution is 2.25. The van der Waals surface area contributed by atoms with Crippen molar-refractivity contribution in [3.05, 3.63) is 29.5 Å². The van der Waals surface area contributed by atoms with Crippen LogP contribution in [0.4, 0.5) is 5.95 Å². The zero-order valence-electron chi connectivity index (χ0n) is 13.0. The van der Waals surface area contributed by atoms with Gasteiger partial charge in [-0.15, -0.1) is 0 Å². The summed E-state index contributed by atoms with van der Waals surface area (Å²) < 4.78 is 7.41. The molecule has 6 heteroatoms. The van der Waals surface area contributed by atoms with E-state index in [1.165, 1.54) is 5.69 Å². The predicted octanol–water partition coefficient (Wildman–Crippen LogP) is 1.90. The number of methoxy groups -OCH3 is 1. The lowest BCUT2D eigenvalue weighted by Gasteiger charge is -2.26. The van der Waals surface area contributed by atoms with Gasteiger partial charge in [-0.1, -0.05) is 13.8 Å². The van der Waals surface area contributed by atoms with Crippen LogP contribution in [0, 0.1) is 0 Å². The van der Waals surface area contributed by atoms with Gasteiger partial charge in [0.1, 0.15) is 5.82 Å². The molecule has 0 aromatic carbocycles. The topological polar surface area (TPSA) is 56.1 Å². The SMILES string of the molecule is COc1ccnc(N2CCc3c(nc(C(C)C)n3C)C2)n1. The quantitative estimate of drug-likeness (QED) is 0.863. The second-order valence-corrected chi connectivity index (χ2v) is 5.65. The summed E-state index contributed by atoms with van der Waals surface area (Å²) in [5.74, 6) is 2.88. The molecule has 0 unspecified atom stereocenters. The number of imidazole rings is 1. The number of fused-ring (bicyclic) bond motifs is 1. The molecule has 0 atom stereocenters. The molecule has 112 valence electrons. The van der Waals surface area contributed by atoms with Gasteiger partial charge in [0.15, 0.2) is 0 Å². The van der Waals surface area contributed by atoms with E-state index in [1.54, 1.807) is 19.4 Å². The van der Waals surface area contributed by atoms with Gasteiger partial charge in [-0.2, -0.15) is 4.98 Å². The van der Waals surface area contributed by atoms with Gasteiger partial charge in [0.25, 0.3) is 0 Å². The lowest BCUT2D eigenvalue weighted by atomic mass is 10.1. The van der Waals surface area contributed by atoms with Crippen molar-refractivity contribution in [1.82, 2.24) is 19.5 Å². The highest BCUT2D eigenvalue weighted by atomic mass is 16.5. The fraction of sp³-hybridized carbons (Fsp3) is 0.533. The number of ether oxygens (including phenoxy) is 1. The van der Waals surface area contributed by atoms with E-state index in [1.807, 2.05) is 0 Å². The number of hydrogen-bond donors (Lipinski definition) is 0. The first-order chi connectivity index (χ1) is 10.1. The van der Waals surface area contributed by atoms with Crippen molar-refractivity contribution in [2.75, 3.05) is 18.6 Å². The standard InChI is InChI=1S/C15H21N5O/c1-10(2)14-17-11-9-20(8-6-12(11)19(14)3)15-16-7-5-13(18-15)21-4/h5,7,10H,6,8-9H2,1-4H3. The zero-order valence-corrected chi connectivity index (χ0v) is 13.0. The van der Waals surface area contributed by atoms with Crippen LogP contribution in [0.1, 0.15) is 37.0 Å². The second kappa shape index (κ2) is 5.35. The first-order valence-electron chi connectivity index (χ1n) is 7.26. The van der Waals surface area contributed by atoms with E-state index in [0.29, 0.717) is 17.7 Å². The van der Waals surface area contributed by atoms with E-state index in [2.05, 4.69) is 40.3 Å². The summed E-state index contributed by atoms with van der Waals surface area (Å²) in [6.45, 7) is 6.01. The summed E-state index contributed by atoms with van der Waals surface area (Å²) in [4.78, 5) is 15.7. The average Bonchev–Trinajstić information content (AvgIpc) is 2.84. The van der Waals surface area contributed by atoms with Gasteiger partial charge in [0, 0.05) is 43.9 Å². The molecule has 2 aromatic rings. The van der Waals surface area contributed by atoms with E-state index in [0.717, 1.165) is 31.0 Å². The molecule has 0 radical (unpaired) electrons. The maximum atomic E-state index is 5.17. The van der Waals surface area contributed by atoms with Crippen LogP contribution in [0.2, 0.25) is 0 Å². The van der Waals surface area contributed by atoms with Gasteiger partial charge in [-0.3, -0.25) is 0 Å². The molecule has 3 heterocycles. The molecule has 3 rings (SSSR count). The Kier molecular flexibility index (Phi) is 3.53. The fourth-order valence-electron chi connectivity index (χ4n) is 2.83. The molecule has 0 amide bonds. The Morgan fingerprint density at radius 3 is 2.81 bits per heavy atom. The van der Waals surface area contributed by atoms with Crippen molar-refractivity contribution >= 4 is 5.95 Å². The van der Waals surface area contributed by atoms with E-state index in [4.69, 9.17) is 9.72 Å². The van der Waals surface area contributed by atoms with Gasteiger partial charge in [0.2, 0.25) is 11.8 Å². The van der Waals surface area contributed by atoms with Crippen LogP contribution in [0.5, 0.6) is 5.88 Å². The Morgan fingerprint density at radius 1 is 1.29 bits per heavy atom. The summed E-state index contributed by atoms with van der Waals surface area (Å²) in [6.07, 6.45) is 2.70. The molecule has 0 fully saturated rings. The Labute approximate surface area is 124 Å². The molecule has 0 bridgehead atoms. The lowest BCUT2D eigenvalue weighted by Crippen LogP contribution is -2.32. The number of hydrogen-bond acceptors (Lipinski definition) is 5. The monoisotopic (exact) mass is 287 g/mol. The largest absolute Gasteiger partial charge is 0.481 e.